The second kappa shape index (κ2) is 5.45. The fourth-order valence-corrected chi connectivity index (χ4v) is 3.02. The van der Waals surface area contributed by atoms with Crippen LogP contribution in [0.2, 0.25) is 0 Å². The maximum Gasteiger partial charge on any atom is 0.236 e. The smallest absolute Gasteiger partial charge is 0.236 e. The first-order valence-electron chi connectivity index (χ1n) is 7.44. The highest BCUT2D eigenvalue weighted by Gasteiger charge is 2.39. The lowest BCUT2D eigenvalue weighted by Gasteiger charge is -2.32. The molecule has 0 spiro atoms. The predicted molar refractivity (Wildman–Crippen MR) is 81.6 cm³/mol. The van der Waals surface area contributed by atoms with Crippen molar-refractivity contribution in [2.45, 2.75) is 31.6 Å². The van der Waals surface area contributed by atoms with E-state index in [1.54, 1.807) is 0 Å². The number of nitrogens with one attached hydrogen (secondary N) is 2. The second-order valence-electron chi connectivity index (χ2n) is 5.97. The van der Waals surface area contributed by atoms with Gasteiger partial charge in [-0.1, -0.05) is 30.3 Å². The van der Waals surface area contributed by atoms with Gasteiger partial charge >= 0.3 is 0 Å². The largest absolute Gasteiger partial charge is 0.313 e. The third-order valence-corrected chi connectivity index (χ3v) is 4.56. The first-order valence-corrected chi connectivity index (χ1v) is 7.44. The molecule has 0 aromatic heterocycles. The zero-order chi connectivity index (χ0) is 14.9. The predicted octanol–water partition coefficient (Wildman–Crippen LogP) is 1.76. The van der Waals surface area contributed by atoms with E-state index in [4.69, 9.17) is 0 Å². The number of carbonyl (C=O) groups is 2. The van der Waals surface area contributed by atoms with E-state index in [-0.39, 0.29) is 11.8 Å². The van der Waals surface area contributed by atoms with E-state index in [1.165, 1.54) is 11.1 Å². The van der Waals surface area contributed by atoms with Gasteiger partial charge in [-0.05, 0) is 43.0 Å². The summed E-state index contributed by atoms with van der Waals surface area (Å²) in [5, 5.41) is 5.75. The van der Waals surface area contributed by atoms with Gasteiger partial charge in [0.1, 0.15) is 0 Å². The summed E-state index contributed by atoms with van der Waals surface area (Å²) in [5.74, 6) is -0.360. The number of imide groups is 1. The fraction of sp³-hybridized carbons (Fsp3) is 0.412. The van der Waals surface area contributed by atoms with E-state index in [2.05, 4.69) is 28.8 Å². The summed E-state index contributed by atoms with van der Waals surface area (Å²) in [6, 6.07) is 8.21. The van der Waals surface area contributed by atoms with Crippen LogP contribution in [0.3, 0.4) is 0 Å². The lowest BCUT2D eigenvalue weighted by Crippen LogP contribution is -2.49. The van der Waals surface area contributed by atoms with Gasteiger partial charge in [0.25, 0.3) is 0 Å². The summed E-state index contributed by atoms with van der Waals surface area (Å²) in [4.78, 5) is 23.5. The summed E-state index contributed by atoms with van der Waals surface area (Å²) < 4.78 is 0. The Hall–Kier alpha value is -1.94. The van der Waals surface area contributed by atoms with Crippen molar-refractivity contribution in [3.8, 4) is 0 Å². The Labute approximate surface area is 124 Å². The van der Waals surface area contributed by atoms with Crippen molar-refractivity contribution < 1.29 is 9.59 Å². The van der Waals surface area contributed by atoms with E-state index < -0.39 is 5.41 Å². The molecule has 0 radical (unpaired) electrons. The maximum absolute atomic E-state index is 12.2. The van der Waals surface area contributed by atoms with Gasteiger partial charge in [-0.3, -0.25) is 14.9 Å². The van der Waals surface area contributed by atoms with Gasteiger partial charge in [0.05, 0.1) is 5.41 Å². The minimum absolute atomic E-state index is 0.172. The molecule has 4 nitrogen and oxygen atoms in total. The van der Waals surface area contributed by atoms with Crippen molar-refractivity contribution in [1.82, 2.24) is 10.6 Å². The van der Waals surface area contributed by atoms with Crippen molar-refractivity contribution in [2.24, 2.45) is 0 Å². The molecule has 1 unspecified atom stereocenters. The molecule has 4 heteroatoms. The molecule has 0 bridgehead atoms. The van der Waals surface area contributed by atoms with Gasteiger partial charge in [0.15, 0.2) is 0 Å². The fourth-order valence-electron chi connectivity index (χ4n) is 3.02. The standard InChI is InChI=1S/C17H20N2O2/c1-17(9-6-15(20)19-16(17)21)14-4-2-12(3-5-14)13-7-10-18-11-8-13/h2-5,7,18H,6,8-11H2,1H3,(H,19,20,21). The molecule has 3 rings (SSSR count). The summed E-state index contributed by atoms with van der Waals surface area (Å²) in [6.45, 7) is 3.84. The Morgan fingerprint density at radius 2 is 1.86 bits per heavy atom. The van der Waals surface area contributed by atoms with Crippen molar-refractivity contribution in [3.05, 3.63) is 41.5 Å². The van der Waals surface area contributed by atoms with Crippen LogP contribution >= 0.6 is 0 Å². The second-order valence-corrected chi connectivity index (χ2v) is 5.97. The molecule has 2 heterocycles. The van der Waals surface area contributed by atoms with Gasteiger partial charge < -0.3 is 5.32 Å². The third kappa shape index (κ3) is 2.63. The molecule has 21 heavy (non-hydrogen) atoms. The summed E-state index contributed by atoms with van der Waals surface area (Å²) >= 11 is 0. The number of hydrogen-bond acceptors (Lipinski definition) is 3. The van der Waals surface area contributed by atoms with Gasteiger partial charge in [-0.2, -0.15) is 0 Å². The van der Waals surface area contributed by atoms with Gasteiger partial charge in [-0.25, -0.2) is 0 Å². The Kier molecular flexibility index (Phi) is 3.64. The van der Waals surface area contributed by atoms with E-state index in [0.717, 1.165) is 25.1 Å². The maximum atomic E-state index is 12.2. The van der Waals surface area contributed by atoms with Crippen LogP contribution in [-0.4, -0.2) is 24.9 Å². The average Bonchev–Trinajstić information content (AvgIpc) is 2.52. The van der Waals surface area contributed by atoms with Gasteiger partial charge in [0.2, 0.25) is 11.8 Å². The van der Waals surface area contributed by atoms with Crippen LogP contribution in [0.5, 0.6) is 0 Å². The molecule has 110 valence electrons. The average molecular weight is 284 g/mol. The molecular weight excluding hydrogens is 264 g/mol. The highest BCUT2D eigenvalue weighted by Crippen LogP contribution is 2.33. The number of rotatable bonds is 2. The Morgan fingerprint density at radius 1 is 1.10 bits per heavy atom. The normalized spacial score (nSPS) is 26.2. The number of amides is 2. The molecule has 0 saturated carbocycles. The molecule has 1 saturated heterocycles. The van der Waals surface area contributed by atoms with Crippen molar-refractivity contribution in [2.75, 3.05) is 13.1 Å². The summed E-state index contributed by atoms with van der Waals surface area (Å²) in [7, 11) is 0. The Morgan fingerprint density at radius 3 is 2.48 bits per heavy atom. The van der Waals surface area contributed by atoms with Crippen LogP contribution in [0.4, 0.5) is 0 Å². The zero-order valence-corrected chi connectivity index (χ0v) is 12.2. The van der Waals surface area contributed by atoms with Gasteiger partial charge in [0, 0.05) is 13.0 Å². The summed E-state index contributed by atoms with van der Waals surface area (Å²) in [6.07, 6.45) is 4.22. The minimum atomic E-state index is -0.602. The number of hydrogen-bond donors (Lipinski definition) is 2. The zero-order valence-electron chi connectivity index (χ0n) is 12.2. The Balaban J connectivity index is 1.85. The van der Waals surface area contributed by atoms with Crippen molar-refractivity contribution in [3.63, 3.8) is 0 Å². The molecule has 1 aromatic carbocycles. The van der Waals surface area contributed by atoms with Crippen molar-refractivity contribution >= 4 is 17.4 Å². The van der Waals surface area contributed by atoms with E-state index in [1.807, 2.05) is 19.1 Å². The SMILES string of the molecule is CC1(c2ccc(C3=CCNCC3)cc2)CCC(=O)NC1=O. The monoisotopic (exact) mass is 284 g/mol. The molecule has 2 amide bonds. The molecule has 1 fully saturated rings. The molecule has 2 N–H and O–H groups in total. The van der Waals surface area contributed by atoms with E-state index in [0.29, 0.717) is 12.8 Å². The third-order valence-electron chi connectivity index (χ3n) is 4.56. The molecular formula is C17H20N2O2. The van der Waals surface area contributed by atoms with Crippen LogP contribution in [0.1, 0.15) is 37.3 Å². The first kappa shape index (κ1) is 14.0. The molecule has 2 aliphatic rings. The lowest BCUT2D eigenvalue weighted by molar-refractivity contribution is -0.137. The van der Waals surface area contributed by atoms with Crippen molar-refractivity contribution in [1.29, 1.82) is 0 Å². The molecule has 1 atom stereocenters. The van der Waals surface area contributed by atoms with Crippen LogP contribution in [0, 0.1) is 0 Å². The van der Waals surface area contributed by atoms with Crippen LogP contribution in [-0.2, 0) is 15.0 Å². The van der Waals surface area contributed by atoms with E-state index in [9.17, 15) is 9.59 Å². The number of piperidine rings is 1. The molecule has 1 aromatic rings. The highest BCUT2D eigenvalue weighted by molar-refractivity contribution is 6.03. The van der Waals surface area contributed by atoms with Gasteiger partial charge in [-0.15, -0.1) is 0 Å². The van der Waals surface area contributed by atoms with Crippen LogP contribution in [0.15, 0.2) is 30.3 Å². The van der Waals surface area contributed by atoms with E-state index >= 15 is 0 Å². The highest BCUT2D eigenvalue weighted by atomic mass is 16.2. The van der Waals surface area contributed by atoms with Crippen LogP contribution < -0.4 is 10.6 Å². The van der Waals surface area contributed by atoms with Crippen LogP contribution in [0.25, 0.3) is 5.57 Å². The summed E-state index contributed by atoms with van der Waals surface area (Å²) in [5.41, 5.74) is 2.95. The lowest BCUT2D eigenvalue weighted by atomic mass is 9.75. The molecule has 0 aliphatic carbocycles. The quantitative estimate of drug-likeness (QED) is 0.814. The minimum Gasteiger partial charge on any atom is -0.313 e. The topological polar surface area (TPSA) is 58.2 Å². The number of carbonyl (C=O) groups excluding carboxylic acids is 2. The number of benzene rings is 1. The molecule has 2 aliphatic heterocycles. The first-order chi connectivity index (χ1) is 10.1. The Bertz CT molecular complexity index is 604.